The van der Waals surface area contributed by atoms with Gasteiger partial charge >= 0.3 is 12.4 Å². The third-order valence-electron chi connectivity index (χ3n) is 5.99. The lowest BCUT2D eigenvalue weighted by Gasteiger charge is -2.33. The second-order valence-electron chi connectivity index (χ2n) is 8.65. The highest BCUT2D eigenvalue weighted by Gasteiger charge is 2.51. The molecule has 1 aliphatic rings. The van der Waals surface area contributed by atoms with Crippen molar-refractivity contribution < 1.29 is 45.8 Å². The lowest BCUT2D eigenvalue weighted by Crippen LogP contribution is -2.49. The van der Waals surface area contributed by atoms with E-state index in [0.29, 0.717) is 17.7 Å². The highest BCUT2D eigenvalue weighted by atomic mass is 19.4. The molecule has 1 fully saturated rings. The molecular weight excluding hydrogens is 494 g/mol. The number of nitrogens with one attached hydrogen (secondary N) is 2. The zero-order chi connectivity index (χ0) is 26.8. The van der Waals surface area contributed by atoms with Gasteiger partial charge in [-0.25, -0.2) is 0 Å². The molecule has 196 valence electrons. The van der Waals surface area contributed by atoms with Crippen LogP contribution < -0.4 is 10.6 Å². The fourth-order valence-corrected chi connectivity index (χ4v) is 4.07. The van der Waals surface area contributed by atoms with Crippen molar-refractivity contribution in [3.63, 3.8) is 0 Å². The number of rotatable bonds is 7. The van der Waals surface area contributed by atoms with Crippen LogP contribution >= 0.6 is 0 Å². The van der Waals surface area contributed by atoms with E-state index >= 15 is 0 Å². The molecule has 0 unspecified atom stereocenters. The van der Waals surface area contributed by atoms with E-state index in [4.69, 9.17) is 9.84 Å². The number of halogens is 6. The summed E-state index contributed by atoms with van der Waals surface area (Å²) in [4.78, 5) is 25.4. The summed E-state index contributed by atoms with van der Waals surface area (Å²) in [6, 6.07) is 9.09. The topological polar surface area (TPSA) is 87.7 Å². The van der Waals surface area contributed by atoms with Crippen molar-refractivity contribution in [1.29, 1.82) is 0 Å². The lowest BCUT2D eigenvalue weighted by atomic mass is 9.89. The summed E-state index contributed by atoms with van der Waals surface area (Å²) < 4.78 is 85.3. The van der Waals surface area contributed by atoms with Gasteiger partial charge in [0.2, 0.25) is 0 Å². The van der Waals surface area contributed by atoms with Gasteiger partial charge in [0.1, 0.15) is 11.2 Å². The number of aliphatic hydroxyl groups is 1. The minimum Gasteiger partial charge on any atom is -0.395 e. The molecule has 0 saturated carbocycles. The quantitative estimate of drug-likeness (QED) is 0.484. The molecule has 2 amide bonds. The first-order valence-electron chi connectivity index (χ1n) is 10.9. The fraction of sp³-hybridized carbons (Fsp3) is 0.417. The predicted octanol–water partition coefficient (Wildman–Crippen LogP) is 4.03. The van der Waals surface area contributed by atoms with E-state index in [0.717, 1.165) is 0 Å². The number of benzene rings is 2. The van der Waals surface area contributed by atoms with Crippen molar-refractivity contribution >= 4 is 11.8 Å². The van der Waals surface area contributed by atoms with Crippen LogP contribution in [0.5, 0.6) is 0 Å². The van der Waals surface area contributed by atoms with E-state index in [-0.39, 0.29) is 38.6 Å². The molecule has 3 rings (SSSR count). The number of aliphatic hydroxyl groups excluding tert-OH is 1. The number of hydrogen-bond donors (Lipinski definition) is 3. The smallest absolute Gasteiger partial charge is 0.395 e. The summed E-state index contributed by atoms with van der Waals surface area (Å²) in [6.07, 6.45) is -9.77. The van der Waals surface area contributed by atoms with Gasteiger partial charge in [0.05, 0.1) is 24.3 Å². The molecule has 0 radical (unpaired) electrons. The molecule has 0 spiro atoms. The Bertz CT molecular complexity index is 1070. The summed E-state index contributed by atoms with van der Waals surface area (Å²) >= 11 is 0. The van der Waals surface area contributed by atoms with Crippen molar-refractivity contribution in [3.8, 4) is 0 Å². The third-order valence-corrected chi connectivity index (χ3v) is 5.99. The van der Waals surface area contributed by atoms with Crippen LogP contribution in [0.2, 0.25) is 0 Å². The summed E-state index contributed by atoms with van der Waals surface area (Å²) in [5.74, 6) is -1.67. The molecule has 2 atom stereocenters. The van der Waals surface area contributed by atoms with E-state index in [9.17, 15) is 35.9 Å². The average molecular weight is 518 g/mol. The summed E-state index contributed by atoms with van der Waals surface area (Å²) in [5, 5.41) is 13.9. The molecule has 1 aliphatic heterocycles. The first-order chi connectivity index (χ1) is 16.7. The van der Waals surface area contributed by atoms with Crippen LogP contribution in [0.3, 0.4) is 0 Å². The Morgan fingerprint density at radius 3 is 2.06 bits per heavy atom. The van der Waals surface area contributed by atoms with Crippen molar-refractivity contribution in [2.45, 2.75) is 43.3 Å². The second-order valence-corrected chi connectivity index (χ2v) is 8.65. The van der Waals surface area contributed by atoms with Gasteiger partial charge in [-0.15, -0.1) is 0 Å². The molecule has 0 aromatic heterocycles. The molecule has 1 saturated heterocycles. The average Bonchev–Trinajstić information content (AvgIpc) is 3.19. The van der Waals surface area contributed by atoms with Crippen molar-refractivity contribution in [1.82, 2.24) is 10.6 Å². The molecule has 2 aromatic carbocycles. The van der Waals surface area contributed by atoms with Gasteiger partial charge in [-0.2, -0.15) is 26.3 Å². The number of ether oxygens (including phenoxy) is 1. The van der Waals surface area contributed by atoms with Crippen LogP contribution in [-0.2, 0) is 27.5 Å². The number of alkyl halides is 6. The minimum absolute atomic E-state index is 0.00998. The molecule has 0 bridgehead atoms. The third kappa shape index (κ3) is 5.98. The number of carbonyl (C=O) groups excluding carboxylic acids is 2. The van der Waals surface area contributed by atoms with Gasteiger partial charge in [0.25, 0.3) is 11.8 Å². The number of hydrogen-bond acceptors (Lipinski definition) is 4. The fourth-order valence-electron chi connectivity index (χ4n) is 4.07. The van der Waals surface area contributed by atoms with Gasteiger partial charge in [0.15, 0.2) is 0 Å². The zero-order valence-electron chi connectivity index (χ0n) is 19.1. The number of amides is 2. The predicted molar refractivity (Wildman–Crippen MR) is 116 cm³/mol. The zero-order valence-corrected chi connectivity index (χ0v) is 19.1. The standard InChI is InChI=1S/C24H24F6N2O4/c1-21(20(35)31-9-10-33)7-8-22(36-21,16-5-3-2-4-6-16)14-32-19(34)15-11-17(23(25,26)27)13-18(12-15)24(28,29)30/h2-6,11-13,33H,7-10,14H2,1H3,(H,31,35)(H,32,34)/t21-,22+/m0/s1. The maximum absolute atomic E-state index is 13.2. The maximum atomic E-state index is 13.2. The maximum Gasteiger partial charge on any atom is 0.416 e. The first kappa shape index (κ1) is 27.5. The monoisotopic (exact) mass is 518 g/mol. The SMILES string of the molecule is C[C@@]1(C(=O)NCCO)CC[C@@](CNC(=O)c2cc(C(F)(F)F)cc(C(F)(F)F)c2)(c2ccccc2)O1. The normalized spacial score (nSPS) is 22.3. The Labute approximate surface area is 202 Å². The molecule has 1 heterocycles. The Morgan fingerprint density at radius 1 is 0.944 bits per heavy atom. The van der Waals surface area contributed by atoms with E-state index < -0.39 is 52.1 Å². The second kappa shape index (κ2) is 10.1. The van der Waals surface area contributed by atoms with Crippen LogP contribution in [0, 0.1) is 0 Å². The van der Waals surface area contributed by atoms with Crippen LogP contribution in [-0.4, -0.2) is 42.2 Å². The van der Waals surface area contributed by atoms with Crippen molar-refractivity contribution in [3.05, 3.63) is 70.8 Å². The number of carbonyl (C=O) groups is 2. The Hall–Kier alpha value is -3.12. The van der Waals surface area contributed by atoms with Gasteiger partial charge in [0, 0.05) is 12.1 Å². The largest absolute Gasteiger partial charge is 0.416 e. The first-order valence-corrected chi connectivity index (χ1v) is 10.9. The summed E-state index contributed by atoms with van der Waals surface area (Å²) in [6.45, 7) is 0.896. The lowest BCUT2D eigenvalue weighted by molar-refractivity contribution is -0.154. The summed E-state index contributed by atoms with van der Waals surface area (Å²) in [7, 11) is 0. The van der Waals surface area contributed by atoms with E-state index in [2.05, 4.69) is 10.6 Å². The molecule has 3 N–H and O–H groups in total. The van der Waals surface area contributed by atoms with E-state index in [1.54, 1.807) is 30.3 Å². The Balaban J connectivity index is 1.90. The van der Waals surface area contributed by atoms with Crippen LogP contribution in [0.4, 0.5) is 26.3 Å². The summed E-state index contributed by atoms with van der Waals surface area (Å²) in [5.41, 5.74) is -6.10. The highest BCUT2D eigenvalue weighted by Crippen LogP contribution is 2.44. The molecule has 2 aromatic rings. The van der Waals surface area contributed by atoms with Gasteiger partial charge in [-0.3, -0.25) is 9.59 Å². The van der Waals surface area contributed by atoms with E-state index in [1.165, 1.54) is 6.92 Å². The molecule has 0 aliphatic carbocycles. The van der Waals surface area contributed by atoms with Gasteiger partial charge < -0.3 is 20.5 Å². The van der Waals surface area contributed by atoms with Crippen LogP contribution in [0.15, 0.2) is 48.5 Å². The van der Waals surface area contributed by atoms with Gasteiger partial charge in [-0.1, -0.05) is 30.3 Å². The Morgan fingerprint density at radius 2 is 1.53 bits per heavy atom. The van der Waals surface area contributed by atoms with E-state index in [1.807, 2.05) is 0 Å². The molecular formula is C24H24F6N2O4. The van der Waals surface area contributed by atoms with Gasteiger partial charge in [-0.05, 0) is 43.5 Å². The van der Waals surface area contributed by atoms with Crippen LogP contribution in [0.25, 0.3) is 0 Å². The minimum atomic E-state index is -5.10. The van der Waals surface area contributed by atoms with Crippen LogP contribution in [0.1, 0.15) is 46.8 Å². The highest BCUT2D eigenvalue weighted by molar-refractivity contribution is 5.94. The van der Waals surface area contributed by atoms with Crippen molar-refractivity contribution in [2.24, 2.45) is 0 Å². The van der Waals surface area contributed by atoms with Crippen molar-refractivity contribution in [2.75, 3.05) is 19.7 Å². The molecule has 12 heteroatoms. The molecule has 36 heavy (non-hydrogen) atoms. The molecule has 6 nitrogen and oxygen atoms in total. The Kier molecular flexibility index (Phi) is 7.70.